The number of H-pyrrole nitrogens is 1. The van der Waals surface area contributed by atoms with Crippen molar-refractivity contribution in [2.24, 2.45) is 4.99 Å². The maximum atomic E-state index is 12.9. The van der Waals surface area contributed by atoms with Gasteiger partial charge in [-0.25, -0.2) is 0 Å². The van der Waals surface area contributed by atoms with E-state index >= 15 is 0 Å². The molecule has 4 rings (SSSR count). The van der Waals surface area contributed by atoms with Crippen molar-refractivity contribution in [3.63, 3.8) is 0 Å². The molecule has 0 bridgehead atoms. The summed E-state index contributed by atoms with van der Waals surface area (Å²) in [6.45, 7) is 4.58. The predicted octanol–water partition coefficient (Wildman–Crippen LogP) is 1.94. The highest BCUT2D eigenvalue weighted by atomic mass is 16.5. The molecule has 0 atom stereocenters. The summed E-state index contributed by atoms with van der Waals surface area (Å²) in [5.74, 6) is 2.45. The molecule has 3 aromatic rings. The maximum Gasteiger partial charge on any atom is 0.282 e. The van der Waals surface area contributed by atoms with Crippen LogP contribution in [0.15, 0.2) is 40.1 Å². The van der Waals surface area contributed by atoms with Gasteiger partial charge in [-0.1, -0.05) is 18.2 Å². The first-order chi connectivity index (χ1) is 16.0. The average molecular weight is 452 g/mol. The van der Waals surface area contributed by atoms with Crippen molar-refractivity contribution in [2.45, 2.75) is 13.5 Å². The second kappa shape index (κ2) is 9.50. The fourth-order valence-electron chi connectivity index (χ4n) is 4.28. The van der Waals surface area contributed by atoms with Gasteiger partial charge in [0, 0.05) is 43.9 Å². The molecule has 1 aliphatic heterocycles. The minimum absolute atomic E-state index is 0.0958. The molecular weight excluding hydrogens is 422 g/mol. The van der Waals surface area contributed by atoms with Crippen LogP contribution in [0.25, 0.3) is 10.9 Å². The Kier molecular flexibility index (Phi) is 6.50. The van der Waals surface area contributed by atoms with E-state index in [1.165, 1.54) is 0 Å². The molecule has 0 saturated heterocycles. The number of benzene rings is 2. The van der Waals surface area contributed by atoms with Crippen molar-refractivity contribution in [3.05, 3.63) is 57.4 Å². The second-order valence-electron chi connectivity index (χ2n) is 8.00. The number of hydrogen-bond acceptors (Lipinski definition) is 8. The number of rotatable bonds is 8. The van der Waals surface area contributed by atoms with Crippen LogP contribution in [-0.2, 0) is 6.54 Å². The van der Waals surface area contributed by atoms with Crippen LogP contribution in [0.2, 0.25) is 0 Å². The number of aliphatic hydroxyl groups is 1. The topological polar surface area (TPSA) is 103 Å². The van der Waals surface area contributed by atoms with Crippen molar-refractivity contribution in [3.8, 4) is 11.5 Å². The summed E-state index contributed by atoms with van der Waals surface area (Å²) in [4.78, 5) is 29.0. The molecule has 0 radical (unpaired) electrons. The van der Waals surface area contributed by atoms with Gasteiger partial charge in [0.15, 0.2) is 11.5 Å². The highest BCUT2D eigenvalue weighted by Crippen LogP contribution is 2.35. The Bertz CT molecular complexity index is 1250. The third-order valence-electron chi connectivity index (χ3n) is 5.84. The number of aromatic amines is 1. The van der Waals surface area contributed by atoms with E-state index in [1.54, 1.807) is 20.3 Å². The second-order valence-corrected chi connectivity index (χ2v) is 8.00. The van der Waals surface area contributed by atoms with Gasteiger partial charge in [0.25, 0.3) is 5.56 Å². The Morgan fingerprint density at radius 3 is 2.79 bits per heavy atom. The number of aliphatic imine (C=N–C) groups is 1. The van der Waals surface area contributed by atoms with E-state index in [1.807, 2.05) is 37.1 Å². The van der Waals surface area contributed by atoms with Gasteiger partial charge >= 0.3 is 0 Å². The minimum Gasteiger partial charge on any atom is -0.493 e. The normalized spacial score (nSPS) is 13.4. The number of aromatic nitrogens is 2. The lowest BCUT2D eigenvalue weighted by atomic mass is 10.1. The number of hydrogen-bond donors (Lipinski definition) is 2. The highest BCUT2D eigenvalue weighted by Gasteiger charge is 2.19. The van der Waals surface area contributed by atoms with Crippen molar-refractivity contribution >= 4 is 22.7 Å². The van der Waals surface area contributed by atoms with E-state index in [-0.39, 0.29) is 12.2 Å². The van der Waals surface area contributed by atoms with Crippen LogP contribution in [0.3, 0.4) is 0 Å². The predicted molar refractivity (Wildman–Crippen MR) is 129 cm³/mol. The van der Waals surface area contributed by atoms with Crippen molar-refractivity contribution in [1.82, 2.24) is 14.9 Å². The summed E-state index contributed by atoms with van der Waals surface area (Å²) < 4.78 is 10.9. The number of amidine groups is 1. The van der Waals surface area contributed by atoms with E-state index in [2.05, 4.69) is 25.9 Å². The number of nitrogens with one attached hydrogen (secondary N) is 1. The standard InChI is InChI=1S/C24H29N5O4/c1-15-20-18(13-19(32-3)21(15)33-4)26-24(27-23(20)31)28(2)14-16-6-5-7-17(12-16)22-25-8-9-29(22)10-11-30/h5-7,12-13,30H,8-11,14H2,1-4H3,(H,26,27,31). The van der Waals surface area contributed by atoms with Crippen LogP contribution in [0.4, 0.5) is 5.95 Å². The molecule has 2 heterocycles. The van der Waals surface area contributed by atoms with Gasteiger partial charge in [-0.15, -0.1) is 0 Å². The van der Waals surface area contributed by atoms with Gasteiger partial charge in [0.1, 0.15) is 5.84 Å². The Balaban J connectivity index is 1.63. The molecule has 174 valence electrons. The molecular formula is C24H29N5O4. The van der Waals surface area contributed by atoms with Crippen LogP contribution >= 0.6 is 0 Å². The third kappa shape index (κ3) is 4.36. The van der Waals surface area contributed by atoms with E-state index in [9.17, 15) is 9.90 Å². The number of ether oxygens (including phenoxy) is 2. The molecule has 0 spiro atoms. The fraction of sp³-hybridized carbons (Fsp3) is 0.375. The summed E-state index contributed by atoms with van der Waals surface area (Å²) in [6.07, 6.45) is 0. The van der Waals surface area contributed by atoms with Gasteiger partial charge in [-0.05, 0) is 18.6 Å². The molecule has 0 amide bonds. The molecule has 2 aromatic carbocycles. The van der Waals surface area contributed by atoms with Crippen LogP contribution in [0.1, 0.15) is 16.7 Å². The molecule has 0 unspecified atom stereocenters. The van der Waals surface area contributed by atoms with E-state index in [4.69, 9.17) is 9.47 Å². The fourth-order valence-corrected chi connectivity index (χ4v) is 4.28. The molecule has 0 saturated carbocycles. The van der Waals surface area contributed by atoms with Crippen LogP contribution in [-0.4, -0.2) is 73.3 Å². The Morgan fingerprint density at radius 1 is 1.24 bits per heavy atom. The number of fused-ring (bicyclic) bond motifs is 1. The zero-order valence-electron chi connectivity index (χ0n) is 19.4. The van der Waals surface area contributed by atoms with Crippen LogP contribution in [0, 0.1) is 6.92 Å². The lowest BCUT2D eigenvalue weighted by molar-refractivity contribution is 0.256. The number of anilines is 1. The zero-order valence-corrected chi connectivity index (χ0v) is 19.4. The summed E-state index contributed by atoms with van der Waals surface area (Å²) in [5.41, 5.74) is 3.07. The smallest absolute Gasteiger partial charge is 0.282 e. The number of aryl methyl sites for hydroxylation is 1. The molecule has 2 N–H and O–H groups in total. The lowest BCUT2D eigenvalue weighted by Crippen LogP contribution is -2.31. The van der Waals surface area contributed by atoms with Crippen molar-refractivity contribution in [2.75, 3.05) is 52.4 Å². The number of nitrogens with zero attached hydrogens (tertiary/aromatic N) is 4. The van der Waals surface area contributed by atoms with Gasteiger partial charge in [0.2, 0.25) is 5.95 Å². The molecule has 1 aliphatic rings. The summed E-state index contributed by atoms with van der Waals surface area (Å²) in [6, 6.07) is 9.89. The van der Waals surface area contributed by atoms with Gasteiger partial charge in [-0.2, -0.15) is 4.98 Å². The minimum atomic E-state index is -0.322. The largest absolute Gasteiger partial charge is 0.493 e. The molecule has 0 aliphatic carbocycles. The average Bonchev–Trinajstić information content (AvgIpc) is 3.27. The number of β-amino-alcohol motifs (C(OH)–C–C–N with tert-alkyl or cyclic N) is 1. The molecule has 33 heavy (non-hydrogen) atoms. The highest BCUT2D eigenvalue weighted by molar-refractivity contribution is 6.00. The van der Waals surface area contributed by atoms with Crippen molar-refractivity contribution < 1.29 is 14.6 Å². The number of aliphatic hydroxyl groups excluding tert-OH is 1. The van der Waals surface area contributed by atoms with Gasteiger partial charge in [-0.3, -0.25) is 9.79 Å². The summed E-state index contributed by atoms with van der Waals surface area (Å²) in [7, 11) is 5.00. The van der Waals surface area contributed by atoms with Gasteiger partial charge < -0.3 is 29.4 Å². The molecule has 9 nitrogen and oxygen atoms in total. The molecule has 9 heteroatoms. The Morgan fingerprint density at radius 2 is 2.06 bits per heavy atom. The summed E-state index contributed by atoms with van der Waals surface area (Å²) >= 11 is 0. The molecule has 1 aromatic heterocycles. The van der Waals surface area contributed by atoms with Crippen LogP contribution in [0.5, 0.6) is 11.5 Å². The first-order valence-corrected chi connectivity index (χ1v) is 10.8. The zero-order chi connectivity index (χ0) is 23.5. The van der Waals surface area contributed by atoms with Gasteiger partial charge in [0.05, 0.1) is 38.3 Å². The first kappa shape index (κ1) is 22.6. The van der Waals surface area contributed by atoms with Crippen molar-refractivity contribution in [1.29, 1.82) is 0 Å². The third-order valence-corrected chi connectivity index (χ3v) is 5.84. The maximum absolute atomic E-state index is 12.9. The quantitative estimate of drug-likeness (QED) is 0.539. The SMILES string of the molecule is COc1cc2[nH]c(N(C)Cc3cccc(C4=NCCN4CCO)c3)nc(=O)c2c(C)c1OC. The van der Waals surface area contributed by atoms with E-state index < -0.39 is 0 Å². The Labute approximate surface area is 192 Å². The summed E-state index contributed by atoms with van der Waals surface area (Å²) in [5, 5.41) is 9.80. The van der Waals surface area contributed by atoms with E-state index in [0.29, 0.717) is 47.0 Å². The lowest BCUT2D eigenvalue weighted by Gasteiger charge is -2.21. The molecule has 0 fully saturated rings. The Hall–Kier alpha value is -3.59. The number of methoxy groups -OCH3 is 2. The first-order valence-electron chi connectivity index (χ1n) is 10.8. The van der Waals surface area contributed by atoms with Crippen LogP contribution < -0.4 is 19.9 Å². The van der Waals surface area contributed by atoms with E-state index in [0.717, 1.165) is 30.1 Å². The monoisotopic (exact) mass is 451 g/mol.